The molecule has 0 radical (unpaired) electrons. The minimum absolute atomic E-state index is 0.815. The van der Waals surface area contributed by atoms with E-state index in [0.717, 1.165) is 24.4 Å². The maximum atomic E-state index is 5.76. The lowest BCUT2D eigenvalue weighted by Gasteiger charge is -2.38. The van der Waals surface area contributed by atoms with Crippen LogP contribution in [0, 0.1) is 11.8 Å². The molecule has 2 fully saturated rings. The molecule has 0 amide bonds. The highest BCUT2D eigenvalue weighted by Crippen LogP contribution is 2.29. The van der Waals surface area contributed by atoms with Gasteiger partial charge < -0.3 is 15.5 Å². The van der Waals surface area contributed by atoms with Gasteiger partial charge in [-0.05, 0) is 84.1 Å². The summed E-state index contributed by atoms with van der Waals surface area (Å²) in [4.78, 5) is 5.09. The van der Waals surface area contributed by atoms with Crippen LogP contribution in [0.5, 0.6) is 0 Å². The van der Waals surface area contributed by atoms with Gasteiger partial charge in [-0.1, -0.05) is 0 Å². The summed E-state index contributed by atoms with van der Waals surface area (Å²) in [6, 6.07) is 0.827. The van der Waals surface area contributed by atoms with E-state index in [1.165, 1.54) is 58.2 Å². The fourth-order valence-electron chi connectivity index (χ4n) is 3.64. The van der Waals surface area contributed by atoms with Crippen molar-refractivity contribution in [2.24, 2.45) is 17.6 Å². The Balaban J connectivity index is 1.69. The van der Waals surface area contributed by atoms with E-state index >= 15 is 0 Å². The standard InChI is InChI=1S/C15H31N3/c1-17-9-7-15(8-10-17)18(2)12-14-5-3-13(11-16)4-6-14/h13-15H,3-12,16H2,1-2H3. The zero-order chi connectivity index (χ0) is 13.0. The Morgan fingerprint density at radius 3 is 2.11 bits per heavy atom. The highest BCUT2D eigenvalue weighted by molar-refractivity contribution is 4.80. The average Bonchev–Trinajstić information content (AvgIpc) is 2.40. The van der Waals surface area contributed by atoms with Crippen LogP contribution in [0.1, 0.15) is 38.5 Å². The van der Waals surface area contributed by atoms with Gasteiger partial charge in [0.1, 0.15) is 0 Å². The first-order chi connectivity index (χ1) is 8.69. The fraction of sp³-hybridized carbons (Fsp3) is 1.00. The number of nitrogens with two attached hydrogens (primary N) is 1. The van der Waals surface area contributed by atoms with Crippen molar-refractivity contribution in [3.05, 3.63) is 0 Å². The Labute approximate surface area is 113 Å². The fourth-order valence-corrected chi connectivity index (χ4v) is 3.64. The molecule has 2 rings (SSSR count). The second-order valence-electron chi connectivity index (χ2n) is 6.60. The lowest BCUT2D eigenvalue weighted by atomic mass is 9.81. The monoisotopic (exact) mass is 253 g/mol. The zero-order valence-corrected chi connectivity index (χ0v) is 12.3. The molecule has 18 heavy (non-hydrogen) atoms. The van der Waals surface area contributed by atoms with E-state index in [9.17, 15) is 0 Å². The number of hydrogen-bond acceptors (Lipinski definition) is 3. The molecule has 1 aliphatic heterocycles. The lowest BCUT2D eigenvalue weighted by molar-refractivity contribution is 0.115. The van der Waals surface area contributed by atoms with Crippen molar-refractivity contribution in [1.82, 2.24) is 9.80 Å². The van der Waals surface area contributed by atoms with Gasteiger partial charge in [-0.25, -0.2) is 0 Å². The zero-order valence-electron chi connectivity index (χ0n) is 12.3. The minimum atomic E-state index is 0.815. The first-order valence-electron chi connectivity index (χ1n) is 7.78. The van der Waals surface area contributed by atoms with Gasteiger partial charge >= 0.3 is 0 Å². The number of rotatable bonds is 4. The Bertz CT molecular complexity index is 228. The third-order valence-electron chi connectivity index (χ3n) is 5.16. The molecule has 2 N–H and O–H groups in total. The summed E-state index contributed by atoms with van der Waals surface area (Å²) in [5, 5.41) is 0. The summed E-state index contributed by atoms with van der Waals surface area (Å²) in [6.45, 7) is 4.76. The molecule has 0 spiro atoms. The van der Waals surface area contributed by atoms with Crippen LogP contribution in [0.3, 0.4) is 0 Å². The largest absolute Gasteiger partial charge is 0.330 e. The molecule has 1 aliphatic carbocycles. The van der Waals surface area contributed by atoms with Crippen LogP contribution < -0.4 is 5.73 Å². The summed E-state index contributed by atoms with van der Waals surface area (Å²) < 4.78 is 0. The van der Waals surface area contributed by atoms with Gasteiger partial charge in [0.15, 0.2) is 0 Å². The molecule has 1 saturated carbocycles. The van der Waals surface area contributed by atoms with Crippen molar-refractivity contribution >= 4 is 0 Å². The molecular formula is C15H31N3. The van der Waals surface area contributed by atoms with Crippen LogP contribution in [0.25, 0.3) is 0 Å². The van der Waals surface area contributed by atoms with Crippen LogP contribution in [-0.2, 0) is 0 Å². The average molecular weight is 253 g/mol. The van der Waals surface area contributed by atoms with Crippen molar-refractivity contribution < 1.29 is 0 Å². The van der Waals surface area contributed by atoms with Gasteiger partial charge in [0.05, 0.1) is 0 Å². The molecule has 106 valence electrons. The lowest BCUT2D eigenvalue weighted by Crippen LogP contribution is -2.44. The number of likely N-dealkylation sites (tertiary alicyclic amines) is 1. The summed E-state index contributed by atoms with van der Waals surface area (Å²) >= 11 is 0. The highest BCUT2D eigenvalue weighted by Gasteiger charge is 2.25. The maximum absolute atomic E-state index is 5.76. The Hall–Kier alpha value is -0.120. The van der Waals surface area contributed by atoms with Crippen molar-refractivity contribution in [3.63, 3.8) is 0 Å². The molecule has 3 heteroatoms. The molecule has 0 atom stereocenters. The third-order valence-corrected chi connectivity index (χ3v) is 5.16. The van der Waals surface area contributed by atoms with Crippen LogP contribution in [-0.4, -0.2) is 56.1 Å². The van der Waals surface area contributed by atoms with Gasteiger partial charge in [-0.2, -0.15) is 0 Å². The van der Waals surface area contributed by atoms with Crippen molar-refractivity contribution in [2.75, 3.05) is 40.3 Å². The molecule has 0 aromatic heterocycles. The van der Waals surface area contributed by atoms with E-state index in [0.29, 0.717) is 0 Å². The molecular weight excluding hydrogens is 222 g/mol. The van der Waals surface area contributed by atoms with Crippen molar-refractivity contribution in [3.8, 4) is 0 Å². The van der Waals surface area contributed by atoms with Gasteiger partial charge in [-0.15, -0.1) is 0 Å². The summed E-state index contributed by atoms with van der Waals surface area (Å²) in [5.74, 6) is 1.74. The first-order valence-corrected chi connectivity index (χ1v) is 7.78. The molecule has 1 saturated heterocycles. The highest BCUT2D eigenvalue weighted by atomic mass is 15.2. The number of nitrogens with zero attached hydrogens (tertiary/aromatic N) is 2. The van der Waals surface area contributed by atoms with Gasteiger partial charge in [0.25, 0.3) is 0 Å². The Morgan fingerprint density at radius 1 is 1.00 bits per heavy atom. The molecule has 0 bridgehead atoms. The second-order valence-corrected chi connectivity index (χ2v) is 6.60. The summed E-state index contributed by atoms with van der Waals surface area (Å²) in [7, 11) is 4.58. The van der Waals surface area contributed by atoms with Crippen LogP contribution in [0.2, 0.25) is 0 Å². The maximum Gasteiger partial charge on any atom is 0.0117 e. The molecule has 0 aromatic rings. The van der Waals surface area contributed by atoms with E-state index in [1.54, 1.807) is 0 Å². The smallest absolute Gasteiger partial charge is 0.0117 e. The summed E-state index contributed by atoms with van der Waals surface area (Å²) in [5.41, 5.74) is 5.76. The van der Waals surface area contributed by atoms with E-state index < -0.39 is 0 Å². The topological polar surface area (TPSA) is 32.5 Å². The Kier molecular flexibility index (Phi) is 5.46. The predicted octanol–water partition coefficient (Wildman–Crippen LogP) is 1.78. The van der Waals surface area contributed by atoms with Crippen LogP contribution in [0.4, 0.5) is 0 Å². The molecule has 0 unspecified atom stereocenters. The second kappa shape index (κ2) is 6.88. The summed E-state index contributed by atoms with van der Waals surface area (Å²) in [6.07, 6.45) is 8.23. The quantitative estimate of drug-likeness (QED) is 0.829. The van der Waals surface area contributed by atoms with Crippen molar-refractivity contribution in [2.45, 2.75) is 44.6 Å². The van der Waals surface area contributed by atoms with Crippen LogP contribution >= 0.6 is 0 Å². The normalized spacial score (nSPS) is 32.0. The van der Waals surface area contributed by atoms with Gasteiger partial charge in [0.2, 0.25) is 0 Å². The van der Waals surface area contributed by atoms with Gasteiger partial charge in [0, 0.05) is 12.6 Å². The van der Waals surface area contributed by atoms with E-state index in [2.05, 4.69) is 23.9 Å². The number of hydrogen-bond donors (Lipinski definition) is 1. The van der Waals surface area contributed by atoms with E-state index in [1.807, 2.05) is 0 Å². The minimum Gasteiger partial charge on any atom is -0.330 e. The molecule has 3 nitrogen and oxygen atoms in total. The molecule has 1 heterocycles. The predicted molar refractivity (Wildman–Crippen MR) is 77.7 cm³/mol. The molecule has 2 aliphatic rings. The molecule has 0 aromatic carbocycles. The third kappa shape index (κ3) is 3.94. The SMILES string of the molecule is CN1CCC(N(C)CC2CCC(CN)CC2)CC1. The van der Waals surface area contributed by atoms with E-state index in [-0.39, 0.29) is 0 Å². The van der Waals surface area contributed by atoms with E-state index in [4.69, 9.17) is 5.73 Å². The van der Waals surface area contributed by atoms with Crippen LogP contribution in [0.15, 0.2) is 0 Å². The number of piperidine rings is 1. The van der Waals surface area contributed by atoms with Gasteiger partial charge in [-0.3, -0.25) is 0 Å². The first kappa shape index (κ1) is 14.3. The Morgan fingerprint density at radius 2 is 1.56 bits per heavy atom. The van der Waals surface area contributed by atoms with Crippen molar-refractivity contribution in [1.29, 1.82) is 0 Å².